The molecule has 0 aromatic carbocycles. The molecule has 2 aliphatic rings. The van der Waals surface area contributed by atoms with Crippen molar-refractivity contribution in [3.63, 3.8) is 0 Å². The van der Waals surface area contributed by atoms with Crippen molar-refractivity contribution in [2.45, 2.75) is 89.7 Å². The molecule has 5 heteroatoms. The smallest absolute Gasteiger partial charge is 0.303 e. The number of hydrogen-bond donors (Lipinski definition) is 2. The second-order valence-corrected chi connectivity index (χ2v) is 7.83. The molecule has 2 N–H and O–H groups in total. The van der Waals surface area contributed by atoms with E-state index in [1.165, 1.54) is 0 Å². The van der Waals surface area contributed by atoms with Crippen LogP contribution in [0.3, 0.4) is 0 Å². The third kappa shape index (κ3) is 6.70. The lowest BCUT2D eigenvalue weighted by Gasteiger charge is -2.23. The Morgan fingerprint density at radius 1 is 1.30 bits per heavy atom. The summed E-state index contributed by atoms with van der Waals surface area (Å²) in [5.41, 5.74) is -0.0732. The molecule has 150 valence electrons. The summed E-state index contributed by atoms with van der Waals surface area (Å²) in [5.74, 6) is 5.68. The van der Waals surface area contributed by atoms with Gasteiger partial charge in [0.05, 0.1) is 12.1 Å². The first-order chi connectivity index (χ1) is 13.0. The predicted octanol–water partition coefficient (Wildman–Crippen LogP) is 3.51. The van der Waals surface area contributed by atoms with Crippen molar-refractivity contribution in [3.05, 3.63) is 12.2 Å². The number of likely N-dealkylation sites (tertiary alicyclic amines) is 1. The second kappa shape index (κ2) is 10.5. The van der Waals surface area contributed by atoms with Crippen LogP contribution in [-0.4, -0.2) is 45.7 Å². The fraction of sp³-hybridized carbons (Fsp3) is 0.727. The van der Waals surface area contributed by atoms with Crippen molar-refractivity contribution < 1.29 is 19.8 Å². The van der Waals surface area contributed by atoms with Gasteiger partial charge in [0.15, 0.2) is 0 Å². The monoisotopic (exact) mass is 375 g/mol. The van der Waals surface area contributed by atoms with E-state index in [9.17, 15) is 14.7 Å². The summed E-state index contributed by atoms with van der Waals surface area (Å²) < 4.78 is 0. The van der Waals surface area contributed by atoms with E-state index in [2.05, 4.69) is 11.8 Å². The first-order valence-electron chi connectivity index (χ1n) is 10.3. The Morgan fingerprint density at radius 2 is 2.04 bits per heavy atom. The number of carbonyl (C=O) groups excluding carboxylic acids is 1. The van der Waals surface area contributed by atoms with E-state index >= 15 is 0 Å². The van der Waals surface area contributed by atoms with Crippen LogP contribution in [0.2, 0.25) is 0 Å². The number of unbranched alkanes of at least 4 members (excludes halogenated alkanes) is 3. The molecule has 5 nitrogen and oxygen atoms in total. The minimum atomic E-state index is -0.748. The first-order valence-corrected chi connectivity index (χ1v) is 10.3. The van der Waals surface area contributed by atoms with Crippen molar-refractivity contribution in [3.8, 4) is 11.8 Å². The van der Waals surface area contributed by atoms with Crippen LogP contribution < -0.4 is 0 Å². The molecular formula is C22H33NO4. The molecule has 2 atom stereocenters. The van der Waals surface area contributed by atoms with E-state index in [0.717, 1.165) is 51.4 Å². The maximum Gasteiger partial charge on any atom is 0.303 e. The summed E-state index contributed by atoms with van der Waals surface area (Å²) in [4.78, 5) is 24.6. The molecule has 0 unspecified atom stereocenters. The number of aliphatic hydroxyl groups is 1. The van der Waals surface area contributed by atoms with Crippen molar-refractivity contribution in [1.82, 2.24) is 4.90 Å². The average molecular weight is 376 g/mol. The van der Waals surface area contributed by atoms with Gasteiger partial charge in [-0.05, 0) is 32.1 Å². The van der Waals surface area contributed by atoms with Crippen LogP contribution >= 0.6 is 0 Å². The van der Waals surface area contributed by atoms with Crippen molar-refractivity contribution in [2.24, 2.45) is 5.41 Å². The van der Waals surface area contributed by atoms with Crippen molar-refractivity contribution in [2.75, 3.05) is 6.54 Å². The Bertz CT molecular complexity index is 597. The van der Waals surface area contributed by atoms with Gasteiger partial charge in [-0.15, -0.1) is 11.8 Å². The van der Waals surface area contributed by atoms with E-state index in [1.807, 2.05) is 24.0 Å². The van der Waals surface area contributed by atoms with Gasteiger partial charge in [0, 0.05) is 37.6 Å². The number of hydrogen-bond acceptors (Lipinski definition) is 3. The Labute approximate surface area is 162 Å². The van der Waals surface area contributed by atoms with Crippen LogP contribution in [0.1, 0.15) is 77.6 Å². The lowest BCUT2D eigenvalue weighted by Crippen LogP contribution is -2.33. The lowest BCUT2D eigenvalue weighted by atomic mass is 9.94. The number of carboxylic acid groups (broad SMARTS) is 1. The molecule has 2 fully saturated rings. The first kappa shape index (κ1) is 21.5. The van der Waals surface area contributed by atoms with Gasteiger partial charge in [-0.25, -0.2) is 0 Å². The van der Waals surface area contributed by atoms with Gasteiger partial charge in [-0.2, -0.15) is 0 Å². The summed E-state index contributed by atoms with van der Waals surface area (Å²) in [6.07, 6.45) is 12.0. The van der Waals surface area contributed by atoms with Crippen LogP contribution in [0.5, 0.6) is 0 Å². The molecule has 1 aliphatic heterocycles. The van der Waals surface area contributed by atoms with Crippen molar-refractivity contribution >= 4 is 11.9 Å². The molecule has 0 radical (unpaired) electrons. The summed E-state index contributed by atoms with van der Waals surface area (Å²) in [5, 5.41) is 19.2. The number of carbonyl (C=O) groups is 2. The zero-order valence-corrected chi connectivity index (χ0v) is 16.5. The quantitative estimate of drug-likeness (QED) is 0.329. The number of nitrogens with zero attached hydrogens (tertiary/aromatic N) is 1. The van der Waals surface area contributed by atoms with Gasteiger partial charge in [0.2, 0.25) is 5.91 Å². The van der Waals surface area contributed by atoms with Gasteiger partial charge in [-0.3, -0.25) is 9.59 Å². The maximum absolute atomic E-state index is 12.2. The van der Waals surface area contributed by atoms with Gasteiger partial charge in [-0.1, -0.05) is 31.9 Å². The molecule has 0 bridgehead atoms. The van der Waals surface area contributed by atoms with Gasteiger partial charge in [0.25, 0.3) is 0 Å². The molecule has 27 heavy (non-hydrogen) atoms. The number of aliphatic carboxylic acids is 1. The fourth-order valence-corrected chi connectivity index (χ4v) is 3.70. The molecule has 1 saturated carbocycles. The molecule has 1 aliphatic carbocycles. The van der Waals surface area contributed by atoms with Gasteiger partial charge in [0.1, 0.15) is 0 Å². The summed E-state index contributed by atoms with van der Waals surface area (Å²) >= 11 is 0. The number of carboxylic acids is 1. The standard InChI is InChI=1S/C22H33NO4/c1-2-3-7-14-22(15-16-22)19(24)12-10-18-11-13-20(25)23(18)17-8-5-4-6-9-21(26)27/h10,12,18-19,24H,2,4-6,8-9,11,13-17H2,1H3,(H,26,27)/b12-10+/t18-,19+/m0/s1. The third-order valence-corrected chi connectivity index (χ3v) is 5.69. The number of rotatable bonds is 11. The molecule has 2 rings (SSSR count). The zero-order valence-electron chi connectivity index (χ0n) is 16.5. The second-order valence-electron chi connectivity index (χ2n) is 7.83. The van der Waals surface area contributed by atoms with Crippen molar-refractivity contribution in [1.29, 1.82) is 0 Å². The Morgan fingerprint density at radius 3 is 2.70 bits per heavy atom. The third-order valence-electron chi connectivity index (χ3n) is 5.69. The van der Waals surface area contributed by atoms with Gasteiger partial charge < -0.3 is 15.1 Å². The van der Waals surface area contributed by atoms with Crippen LogP contribution in [0.25, 0.3) is 0 Å². The molecule has 0 spiro atoms. The summed E-state index contributed by atoms with van der Waals surface area (Å²) in [6, 6.07) is 0.0729. The predicted molar refractivity (Wildman–Crippen MR) is 105 cm³/mol. The maximum atomic E-state index is 12.2. The fourth-order valence-electron chi connectivity index (χ4n) is 3.70. The van der Waals surface area contributed by atoms with E-state index < -0.39 is 12.1 Å². The van der Waals surface area contributed by atoms with E-state index in [4.69, 9.17) is 5.11 Å². The Balaban J connectivity index is 1.77. The molecule has 0 aromatic rings. The van der Waals surface area contributed by atoms with Crippen LogP contribution in [0.15, 0.2) is 12.2 Å². The highest BCUT2D eigenvalue weighted by molar-refractivity contribution is 5.79. The summed E-state index contributed by atoms with van der Waals surface area (Å²) in [7, 11) is 0. The SMILES string of the molecule is CCC#CCC1([C@H](O)/C=C/[C@H]2CCC(=O)N2CCCCCCC(=O)O)CC1. The average Bonchev–Trinajstić information content (AvgIpc) is 3.34. The number of aliphatic hydroxyl groups excluding tert-OH is 1. The topological polar surface area (TPSA) is 77.8 Å². The minimum Gasteiger partial charge on any atom is -0.481 e. The highest BCUT2D eigenvalue weighted by atomic mass is 16.4. The Kier molecular flexibility index (Phi) is 8.37. The van der Waals surface area contributed by atoms with E-state index in [1.54, 1.807) is 0 Å². The minimum absolute atomic E-state index is 0.0729. The molecule has 1 heterocycles. The molecule has 1 amide bonds. The highest BCUT2D eigenvalue weighted by Gasteiger charge is 2.47. The molecule has 1 saturated heterocycles. The largest absolute Gasteiger partial charge is 0.481 e. The molecular weight excluding hydrogens is 342 g/mol. The zero-order chi connectivity index (χ0) is 19.7. The van der Waals surface area contributed by atoms with E-state index in [-0.39, 0.29) is 23.8 Å². The normalized spacial score (nSPS) is 21.9. The van der Waals surface area contributed by atoms with E-state index in [0.29, 0.717) is 19.4 Å². The van der Waals surface area contributed by atoms with Crippen LogP contribution in [0, 0.1) is 17.3 Å². The lowest BCUT2D eigenvalue weighted by molar-refractivity contribution is -0.137. The Hall–Kier alpha value is -1.80. The van der Waals surface area contributed by atoms with Crippen LogP contribution in [-0.2, 0) is 9.59 Å². The summed E-state index contributed by atoms with van der Waals surface area (Å²) in [6.45, 7) is 2.74. The van der Waals surface area contributed by atoms with Crippen LogP contribution in [0.4, 0.5) is 0 Å². The molecule has 0 aromatic heterocycles. The van der Waals surface area contributed by atoms with Gasteiger partial charge >= 0.3 is 5.97 Å². The number of amides is 1. The highest BCUT2D eigenvalue weighted by Crippen LogP contribution is 2.52.